The standard InChI is InChI=1S/C16H23BrN2/c1-12(9-13-4-6-15(17)7-5-13)19-8-2-3-14-10-18-11-16(14)19/h4-7,12,14,16,18H,2-3,8-11H2,1H3. The molecule has 2 nitrogen and oxygen atoms in total. The Morgan fingerprint density at radius 2 is 2.11 bits per heavy atom. The molecule has 1 aromatic rings. The van der Waals surface area contributed by atoms with Gasteiger partial charge in [0.1, 0.15) is 0 Å². The predicted molar refractivity (Wildman–Crippen MR) is 83.4 cm³/mol. The molecule has 3 heteroatoms. The maximum atomic E-state index is 3.57. The molecule has 0 amide bonds. The fourth-order valence-electron chi connectivity index (χ4n) is 3.73. The molecule has 0 bridgehead atoms. The summed E-state index contributed by atoms with van der Waals surface area (Å²) >= 11 is 3.51. The lowest BCUT2D eigenvalue weighted by Crippen LogP contribution is -2.50. The summed E-state index contributed by atoms with van der Waals surface area (Å²) in [5.41, 5.74) is 1.45. The summed E-state index contributed by atoms with van der Waals surface area (Å²) in [4.78, 5) is 2.75. The number of fused-ring (bicyclic) bond motifs is 1. The Morgan fingerprint density at radius 3 is 2.89 bits per heavy atom. The fourth-order valence-corrected chi connectivity index (χ4v) is 3.99. The number of benzene rings is 1. The van der Waals surface area contributed by atoms with E-state index in [1.54, 1.807) is 0 Å². The van der Waals surface area contributed by atoms with Gasteiger partial charge < -0.3 is 5.32 Å². The molecule has 0 spiro atoms. The van der Waals surface area contributed by atoms with E-state index in [1.807, 2.05) is 0 Å². The highest BCUT2D eigenvalue weighted by molar-refractivity contribution is 9.10. The molecule has 2 heterocycles. The first-order chi connectivity index (χ1) is 9.24. The SMILES string of the molecule is CC(Cc1ccc(Br)cc1)N1CCCC2CNCC21. The van der Waals surface area contributed by atoms with Crippen molar-refractivity contribution in [3.63, 3.8) is 0 Å². The van der Waals surface area contributed by atoms with Crippen LogP contribution in [-0.4, -0.2) is 36.6 Å². The van der Waals surface area contributed by atoms with Crippen LogP contribution in [0.25, 0.3) is 0 Å². The number of halogens is 1. The van der Waals surface area contributed by atoms with Crippen LogP contribution >= 0.6 is 15.9 Å². The van der Waals surface area contributed by atoms with Crippen LogP contribution in [0.1, 0.15) is 25.3 Å². The van der Waals surface area contributed by atoms with Gasteiger partial charge in [-0.2, -0.15) is 0 Å². The molecule has 0 aliphatic carbocycles. The first-order valence-electron chi connectivity index (χ1n) is 7.45. The molecular formula is C16H23BrN2. The third-order valence-electron chi connectivity index (χ3n) is 4.73. The molecule has 0 saturated carbocycles. The van der Waals surface area contributed by atoms with E-state index in [2.05, 4.69) is 57.3 Å². The summed E-state index contributed by atoms with van der Waals surface area (Å²) in [6.07, 6.45) is 3.95. The zero-order valence-electron chi connectivity index (χ0n) is 11.6. The maximum Gasteiger partial charge on any atom is 0.0263 e. The van der Waals surface area contributed by atoms with E-state index in [4.69, 9.17) is 0 Å². The Balaban J connectivity index is 1.65. The Kier molecular flexibility index (Phi) is 4.25. The van der Waals surface area contributed by atoms with E-state index in [0.29, 0.717) is 6.04 Å². The van der Waals surface area contributed by atoms with Gasteiger partial charge in [-0.15, -0.1) is 0 Å². The molecule has 3 rings (SSSR count). The molecule has 2 aliphatic rings. The van der Waals surface area contributed by atoms with Crippen molar-refractivity contribution in [1.82, 2.24) is 10.2 Å². The van der Waals surface area contributed by atoms with Gasteiger partial charge in [-0.1, -0.05) is 28.1 Å². The summed E-state index contributed by atoms with van der Waals surface area (Å²) in [7, 11) is 0. The second-order valence-corrected chi connectivity index (χ2v) is 6.96. The number of piperidine rings is 1. The fraction of sp³-hybridized carbons (Fsp3) is 0.625. The van der Waals surface area contributed by atoms with Crippen LogP contribution in [-0.2, 0) is 6.42 Å². The van der Waals surface area contributed by atoms with Gasteiger partial charge in [0.25, 0.3) is 0 Å². The molecule has 2 saturated heterocycles. The molecule has 0 radical (unpaired) electrons. The molecular weight excluding hydrogens is 300 g/mol. The topological polar surface area (TPSA) is 15.3 Å². The van der Waals surface area contributed by atoms with Crippen LogP contribution in [0.5, 0.6) is 0 Å². The molecule has 0 aromatic heterocycles. The van der Waals surface area contributed by atoms with Crippen molar-refractivity contribution < 1.29 is 0 Å². The van der Waals surface area contributed by atoms with Crippen LogP contribution < -0.4 is 5.32 Å². The van der Waals surface area contributed by atoms with Crippen molar-refractivity contribution in [3.8, 4) is 0 Å². The van der Waals surface area contributed by atoms with Crippen molar-refractivity contribution >= 4 is 15.9 Å². The normalized spacial score (nSPS) is 29.2. The number of hydrogen-bond acceptors (Lipinski definition) is 2. The third kappa shape index (κ3) is 3.04. The van der Waals surface area contributed by atoms with E-state index in [1.165, 1.54) is 42.5 Å². The monoisotopic (exact) mass is 322 g/mol. The largest absolute Gasteiger partial charge is 0.315 e. The molecule has 3 unspecified atom stereocenters. The van der Waals surface area contributed by atoms with Gasteiger partial charge in [0.15, 0.2) is 0 Å². The van der Waals surface area contributed by atoms with E-state index >= 15 is 0 Å². The first kappa shape index (κ1) is 13.6. The molecule has 1 aromatic carbocycles. The Hall–Kier alpha value is -0.380. The molecule has 2 fully saturated rings. The van der Waals surface area contributed by atoms with E-state index in [9.17, 15) is 0 Å². The Morgan fingerprint density at radius 1 is 1.32 bits per heavy atom. The van der Waals surface area contributed by atoms with Gasteiger partial charge in [-0.05, 0) is 62.9 Å². The highest BCUT2D eigenvalue weighted by atomic mass is 79.9. The number of rotatable bonds is 3. The molecule has 3 atom stereocenters. The van der Waals surface area contributed by atoms with Gasteiger partial charge in [0, 0.05) is 23.1 Å². The Bertz CT molecular complexity index is 417. The van der Waals surface area contributed by atoms with E-state index in [0.717, 1.165) is 18.4 Å². The lowest BCUT2D eigenvalue weighted by atomic mass is 9.90. The summed E-state index contributed by atoms with van der Waals surface area (Å²) in [5.74, 6) is 0.890. The predicted octanol–water partition coefficient (Wildman–Crippen LogP) is 3.06. The number of likely N-dealkylation sites (tertiary alicyclic amines) is 1. The van der Waals surface area contributed by atoms with Gasteiger partial charge in [-0.3, -0.25) is 4.90 Å². The second-order valence-electron chi connectivity index (χ2n) is 6.05. The van der Waals surface area contributed by atoms with Crippen molar-refractivity contribution in [2.75, 3.05) is 19.6 Å². The minimum absolute atomic E-state index is 0.647. The van der Waals surface area contributed by atoms with Crippen molar-refractivity contribution in [3.05, 3.63) is 34.3 Å². The van der Waals surface area contributed by atoms with Crippen LogP contribution in [0.2, 0.25) is 0 Å². The number of nitrogens with one attached hydrogen (secondary N) is 1. The summed E-state index contributed by atoms with van der Waals surface area (Å²) in [6, 6.07) is 10.2. The molecule has 19 heavy (non-hydrogen) atoms. The second kappa shape index (κ2) is 5.94. The molecule has 1 N–H and O–H groups in total. The van der Waals surface area contributed by atoms with Gasteiger partial charge in [0.05, 0.1) is 0 Å². The molecule has 104 valence electrons. The van der Waals surface area contributed by atoms with Gasteiger partial charge in [0.2, 0.25) is 0 Å². The summed E-state index contributed by atoms with van der Waals surface area (Å²) < 4.78 is 1.17. The van der Waals surface area contributed by atoms with Crippen LogP contribution in [0.15, 0.2) is 28.7 Å². The van der Waals surface area contributed by atoms with Crippen molar-refractivity contribution in [2.45, 2.75) is 38.3 Å². The first-order valence-corrected chi connectivity index (χ1v) is 8.24. The quantitative estimate of drug-likeness (QED) is 0.920. The van der Waals surface area contributed by atoms with E-state index < -0.39 is 0 Å². The van der Waals surface area contributed by atoms with Crippen molar-refractivity contribution in [1.29, 1.82) is 0 Å². The molecule has 2 aliphatic heterocycles. The van der Waals surface area contributed by atoms with Crippen molar-refractivity contribution in [2.24, 2.45) is 5.92 Å². The van der Waals surface area contributed by atoms with Crippen LogP contribution in [0, 0.1) is 5.92 Å². The zero-order valence-corrected chi connectivity index (χ0v) is 13.2. The lowest BCUT2D eigenvalue weighted by Gasteiger charge is -2.41. The summed E-state index contributed by atoms with van der Waals surface area (Å²) in [5, 5.41) is 3.57. The minimum atomic E-state index is 0.647. The van der Waals surface area contributed by atoms with Crippen LogP contribution in [0.3, 0.4) is 0 Å². The highest BCUT2D eigenvalue weighted by Crippen LogP contribution is 2.28. The number of nitrogens with zero attached hydrogens (tertiary/aromatic N) is 1. The zero-order chi connectivity index (χ0) is 13.2. The highest BCUT2D eigenvalue weighted by Gasteiger charge is 2.36. The van der Waals surface area contributed by atoms with Gasteiger partial charge in [-0.25, -0.2) is 0 Å². The third-order valence-corrected chi connectivity index (χ3v) is 5.26. The lowest BCUT2D eigenvalue weighted by molar-refractivity contribution is 0.0848. The average molecular weight is 323 g/mol. The summed E-state index contributed by atoms with van der Waals surface area (Å²) in [6.45, 7) is 6.09. The minimum Gasteiger partial charge on any atom is -0.315 e. The van der Waals surface area contributed by atoms with E-state index in [-0.39, 0.29) is 0 Å². The smallest absolute Gasteiger partial charge is 0.0263 e. The Labute approximate surface area is 124 Å². The van der Waals surface area contributed by atoms with Gasteiger partial charge >= 0.3 is 0 Å². The number of hydrogen-bond donors (Lipinski definition) is 1. The maximum absolute atomic E-state index is 3.57. The average Bonchev–Trinajstić information content (AvgIpc) is 2.89. The van der Waals surface area contributed by atoms with Crippen LogP contribution in [0.4, 0.5) is 0 Å².